The van der Waals surface area contributed by atoms with E-state index in [1.165, 1.54) is 0 Å². The van der Waals surface area contributed by atoms with E-state index in [0.717, 1.165) is 28.0 Å². The number of methoxy groups -OCH3 is 1. The fourth-order valence-electron chi connectivity index (χ4n) is 2.63. The van der Waals surface area contributed by atoms with Gasteiger partial charge in [0.25, 0.3) is 0 Å². The molecule has 0 aliphatic carbocycles. The normalized spacial score (nSPS) is 10.7. The van der Waals surface area contributed by atoms with Crippen molar-refractivity contribution < 1.29 is 4.74 Å². The maximum absolute atomic E-state index is 5.20. The van der Waals surface area contributed by atoms with Crippen LogP contribution in [0.25, 0.3) is 33.7 Å². The highest BCUT2D eigenvalue weighted by Gasteiger charge is 2.13. The van der Waals surface area contributed by atoms with E-state index in [0.29, 0.717) is 11.5 Å². The molecule has 2 aromatic carbocycles. The molecule has 2 heterocycles. The van der Waals surface area contributed by atoms with E-state index in [9.17, 15) is 0 Å². The van der Waals surface area contributed by atoms with Gasteiger partial charge in [-0.25, -0.2) is 9.97 Å². The van der Waals surface area contributed by atoms with Crippen molar-refractivity contribution in [3.05, 3.63) is 72.8 Å². The number of benzene rings is 2. The zero-order chi connectivity index (χ0) is 16.4. The molecule has 0 bridgehead atoms. The molecule has 4 heteroatoms. The summed E-state index contributed by atoms with van der Waals surface area (Å²) in [5, 5.41) is 0. The average molecular weight is 313 g/mol. The highest BCUT2D eigenvalue weighted by atomic mass is 16.5. The minimum absolute atomic E-state index is 0.531. The summed E-state index contributed by atoms with van der Waals surface area (Å²) in [6.45, 7) is 0. The minimum Gasteiger partial charge on any atom is -0.481 e. The molecule has 0 aliphatic heterocycles. The number of rotatable bonds is 3. The van der Waals surface area contributed by atoms with Gasteiger partial charge in [-0.3, -0.25) is 0 Å². The number of hydrogen-bond acceptors (Lipinski definition) is 4. The van der Waals surface area contributed by atoms with Crippen LogP contribution in [0.5, 0.6) is 5.88 Å². The SMILES string of the molecule is COc1ccc2nc(-c3ccccc3)c(-c3ccccc3)nc2n1. The Balaban J connectivity index is 2.02. The van der Waals surface area contributed by atoms with Crippen molar-refractivity contribution in [1.82, 2.24) is 15.0 Å². The van der Waals surface area contributed by atoms with Crippen LogP contribution in [0.3, 0.4) is 0 Å². The Morgan fingerprint density at radius 1 is 0.625 bits per heavy atom. The highest BCUT2D eigenvalue weighted by Crippen LogP contribution is 2.30. The van der Waals surface area contributed by atoms with Crippen molar-refractivity contribution in [3.8, 4) is 28.4 Å². The highest BCUT2D eigenvalue weighted by molar-refractivity contribution is 5.84. The first-order chi connectivity index (χ1) is 11.8. The summed E-state index contributed by atoms with van der Waals surface area (Å²) >= 11 is 0. The zero-order valence-corrected chi connectivity index (χ0v) is 13.2. The Labute approximate surface area is 139 Å². The molecule has 0 atom stereocenters. The molecule has 0 saturated carbocycles. The van der Waals surface area contributed by atoms with Gasteiger partial charge in [-0.2, -0.15) is 4.98 Å². The van der Waals surface area contributed by atoms with Gasteiger partial charge in [0, 0.05) is 17.2 Å². The topological polar surface area (TPSA) is 47.9 Å². The number of pyridine rings is 1. The monoisotopic (exact) mass is 313 g/mol. The fourth-order valence-corrected chi connectivity index (χ4v) is 2.63. The van der Waals surface area contributed by atoms with Gasteiger partial charge in [0.05, 0.1) is 18.5 Å². The molecule has 0 radical (unpaired) electrons. The lowest BCUT2D eigenvalue weighted by Gasteiger charge is -2.10. The van der Waals surface area contributed by atoms with Crippen LogP contribution >= 0.6 is 0 Å². The Hall–Kier alpha value is -3.27. The lowest BCUT2D eigenvalue weighted by molar-refractivity contribution is 0.399. The zero-order valence-electron chi connectivity index (χ0n) is 13.2. The largest absolute Gasteiger partial charge is 0.481 e. The second-order valence-electron chi connectivity index (χ2n) is 5.35. The lowest BCUT2D eigenvalue weighted by atomic mass is 10.0. The summed E-state index contributed by atoms with van der Waals surface area (Å²) in [4.78, 5) is 14.0. The maximum atomic E-state index is 5.20. The first-order valence-corrected chi connectivity index (χ1v) is 7.69. The minimum atomic E-state index is 0.531. The standard InChI is InChI=1S/C20H15N3O/c1-24-17-13-12-16-20(22-17)23-19(15-10-6-3-7-11-15)18(21-16)14-8-4-2-5-9-14/h2-13H,1H3. The molecule has 4 nitrogen and oxygen atoms in total. The van der Waals surface area contributed by atoms with Gasteiger partial charge >= 0.3 is 0 Å². The summed E-state index contributed by atoms with van der Waals surface area (Å²) in [7, 11) is 1.60. The Morgan fingerprint density at radius 2 is 1.21 bits per heavy atom. The Bertz CT molecular complexity index is 986. The summed E-state index contributed by atoms with van der Waals surface area (Å²) < 4.78 is 5.20. The summed E-state index contributed by atoms with van der Waals surface area (Å²) in [5.74, 6) is 0.531. The quantitative estimate of drug-likeness (QED) is 0.563. The van der Waals surface area contributed by atoms with E-state index in [1.807, 2.05) is 66.7 Å². The average Bonchev–Trinajstić information content (AvgIpc) is 2.68. The predicted molar refractivity (Wildman–Crippen MR) is 94.8 cm³/mol. The van der Waals surface area contributed by atoms with Gasteiger partial charge in [0.15, 0.2) is 5.65 Å². The molecule has 0 spiro atoms. The van der Waals surface area contributed by atoms with Crippen molar-refractivity contribution in [3.63, 3.8) is 0 Å². The molecule has 0 saturated heterocycles. The van der Waals surface area contributed by atoms with Crippen LogP contribution in [0.1, 0.15) is 0 Å². The van der Waals surface area contributed by atoms with Gasteiger partial charge in [0.1, 0.15) is 5.52 Å². The van der Waals surface area contributed by atoms with E-state index in [4.69, 9.17) is 14.7 Å². The van der Waals surface area contributed by atoms with Crippen molar-refractivity contribution in [1.29, 1.82) is 0 Å². The van der Waals surface area contributed by atoms with E-state index in [1.54, 1.807) is 13.2 Å². The van der Waals surface area contributed by atoms with Crippen molar-refractivity contribution in [2.75, 3.05) is 7.11 Å². The van der Waals surface area contributed by atoms with Crippen LogP contribution < -0.4 is 4.74 Å². The third-order valence-corrected chi connectivity index (χ3v) is 3.81. The molecule has 24 heavy (non-hydrogen) atoms. The van der Waals surface area contributed by atoms with Crippen molar-refractivity contribution in [2.24, 2.45) is 0 Å². The van der Waals surface area contributed by atoms with Gasteiger partial charge in [-0.15, -0.1) is 0 Å². The Morgan fingerprint density at radius 3 is 1.79 bits per heavy atom. The molecule has 2 aromatic heterocycles. The molecule has 0 N–H and O–H groups in total. The van der Waals surface area contributed by atoms with Crippen LogP contribution in [0.15, 0.2) is 72.8 Å². The first kappa shape index (κ1) is 14.3. The summed E-state index contributed by atoms with van der Waals surface area (Å²) in [6, 6.07) is 23.8. The number of aromatic nitrogens is 3. The maximum Gasteiger partial charge on any atom is 0.215 e. The smallest absolute Gasteiger partial charge is 0.215 e. The van der Waals surface area contributed by atoms with Crippen LogP contribution in [-0.4, -0.2) is 22.1 Å². The van der Waals surface area contributed by atoms with Crippen LogP contribution in [0, 0.1) is 0 Å². The van der Waals surface area contributed by atoms with Crippen LogP contribution in [-0.2, 0) is 0 Å². The van der Waals surface area contributed by atoms with E-state index in [2.05, 4.69) is 4.98 Å². The Kier molecular flexibility index (Phi) is 3.63. The third-order valence-electron chi connectivity index (χ3n) is 3.81. The summed E-state index contributed by atoms with van der Waals surface area (Å²) in [5.41, 5.74) is 5.02. The molecule has 116 valence electrons. The first-order valence-electron chi connectivity index (χ1n) is 7.69. The number of ether oxygens (including phenoxy) is 1. The van der Waals surface area contributed by atoms with Crippen LogP contribution in [0.4, 0.5) is 0 Å². The van der Waals surface area contributed by atoms with Crippen molar-refractivity contribution in [2.45, 2.75) is 0 Å². The van der Waals surface area contributed by atoms with Crippen LogP contribution in [0.2, 0.25) is 0 Å². The van der Waals surface area contributed by atoms with Gasteiger partial charge in [-0.1, -0.05) is 60.7 Å². The second kappa shape index (κ2) is 6.08. The molecule has 4 aromatic rings. The number of fused-ring (bicyclic) bond motifs is 1. The molecule has 0 unspecified atom stereocenters. The predicted octanol–water partition coefficient (Wildman–Crippen LogP) is 4.37. The molecule has 0 amide bonds. The lowest BCUT2D eigenvalue weighted by Crippen LogP contribution is -1.98. The van der Waals surface area contributed by atoms with Crippen molar-refractivity contribution >= 4 is 11.2 Å². The second-order valence-corrected chi connectivity index (χ2v) is 5.35. The molecule has 0 fully saturated rings. The fraction of sp³-hybridized carbons (Fsp3) is 0.0500. The molecule has 0 aliphatic rings. The molecular weight excluding hydrogens is 298 g/mol. The third kappa shape index (κ3) is 2.58. The summed E-state index contributed by atoms with van der Waals surface area (Å²) in [6.07, 6.45) is 0. The van der Waals surface area contributed by atoms with E-state index in [-0.39, 0.29) is 0 Å². The van der Waals surface area contributed by atoms with E-state index < -0.39 is 0 Å². The molecule has 4 rings (SSSR count). The van der Waals surface area contributed by atoms with E-state index >= 15 is 0 Å². The van der Waals surface area contributed by atoms with Gasteiger partial charge in [-0.05, 0) is 6.07 Å². The number of nitrogens with zero attached hydrogens (tertiary/aromatic N) is 3. The van der Waals surface area contributed by atoms with Gasteiger partial charge in [0.2, 0.25) is 5.88 Å². The van der Waals surface area contributed by atoms with Gasteiger partial charge < -0.3 is 4.74 Å². The molecular formula is C20H15N3O. The number of hydrogen-bond donors (Lipinski definition) is 0.